The standard InChI is InChI=1S/C22H19N5O4/c28-19-13-17(25-22(31)26-19)21(30)24-15-7-5-6-14(12-15)23-20(29)16-8-1-2-9-18(16)27-10-3-4-11-27/h1-12,17H,13H2,(H,23,29)(H,24,30)(H2,25,26,28,31)/t17-/m0/s1. The van der Waals surface area contributed by atoms with E-state index in [0.29, 0.717) is 16.9 Å². The van der Waals surface area contributed by atoms with Crippen LogP contribution in [0.25, 0.3) is 5.69 Å². The maximum atomic E-state index is 12.9. The van der Waals surface area contributed by atoms with Crippen LogP contribution in [0.15, 0.2) is 73.1 Å². The normalized spacial score (nSPS) is 15.5. The molecule has 0 spiro atoms. The number of para-hydroxylation sites is 1. The van der Waals surface area contributed by atoms with Gasteiger partial charge in [0.1, 0.15) is 6.04 Å². The summed E-state index contributed by atoms with van der Waals surface area (Å²) in [6, 6.07) is 15.9. The largest absolute Gasteiger partial charge is 0.325 e. The predicted molar refractivity (Wildman–Crippen MR) is 114 cm³/mol. The molecule has 1 aromatic heterocycles. The molecule has 2 heterocycles. The lowest BCUT2D eigenvalue weighted by atomic mass is 10.1. The molecule has 0 radical (unpaired) electrons. The first-order valence-corrected chi connectivity index (χ1v) is 9.54. The molecule has 0 unspecified atom stereocenters. The van der Waals surface area contributed by atoms with Gasteiger partial charge in [0.15, 0.2) is 0 Å². The van der Waals surface area contributed by atoms with Gasteiger partial charge in [0.05, 0.1) is 17.7 Å². The highest BCUT2D eigenvalue weighted by Gasteiger charge is 2.29. The number of rotatable bonds is 5. The Balaban J connectivity index is 1.47. The Labute approximate surface area is 177 Å². The molecule has 4 N–H and O–H groups in total. The number of hydrogen-bond donors (Lipinski definition) is 4. The monoisotopic (exact) mass is 417 g/mol. The minimum Gasteiger partial charge on any atom is -0.325 e. The molecule has 0 aliphatic carbocycles. The third-order valence-corrected chi connectivity index (χ3v) is 4.68. The van der Waals surface area contributed by atoms with E-state index in [1.165, 1.54) is 0 Å². The minimum atomic E-state index is -0.965. The van der Waals surface area contributed by atoms with Crippen molar-refractivity contribution in [1.29, 1.82) is 0 Å². The van der Waals surface area contributed by atoms with Gasteiger partial charge in [0, 0.05) is 23.8 Å². The molecule has 1 atom stereocenters. The maximum absolute atomic E-state index is 12.9. The van der Waals surface area contributed by atoms with E-state index in [-0.39, 0.29) is 12.3 Å². The zero-order valence-electron chi connectivity index (χ0n) is 16.3. The predicted octanol–water partition coefficient (Wildman–Crippen LogP) is 2.27. The van der Waals surface area contributed by atoms with E-state index in [1.807, 2.05) is 41.2 Å². The lowest BCUT2D eigenvalue weighted by molar-refractivity contribution is -0.126. The third kappa shape index (κ3) is 4.61. The Hall–Kier alpha value is -4.40. The lowest BCUT2D eigenvalue weighted by Crippen LogP contribution is -2.56. The molecule has 1 aliphatic heterocycles. The third-order valence-electron chi connectivity index (χ3n) is 4.68. The molecule has 2 aromatic carbocycles. The van der Waals surface area contributed by atoms with Crippen LogP contribution >= 0.6 is 0 Å². The number of anilines is 2. The summed E-state index contributed by atoms with van der Waals surface area (Å²) in [4.78, 5) is 48.1. The summed E-state index contributed by atoms with van der Waals surface area (Å²) in [6.45, 7) is 0. The number of urea groups is 1. The van der Waals surface area contributed by atoms with E-state index in [4.69, 9.17) is 0 Å². The molecule has 1 fully saturated rings. The Morgan fingerprint density at radius 1 is 0.903 bits per heavy atom. The Bertz CT molecular complexity index is 1140. The molecular formula is C22H19N5O4. The van der Waals surface area contributed by atoms with Crippen molar-refractivity contribution in [2.75, 3.05) is 10.6 Å². The van der Waals surface area contributed by atoms with Gasteiger partial charge in [0.2, 0.25) is 11.8 Å². The highest BCUT2D eigenvalue weighted by atomic mass is 16.2. The van der Waals surface area contributed by atoms with Gasteiger partial charge in [-0.3, -0.25) is 19.7 Å². The Morgan fingerprint density at radius 2 is 1.61 bits per heavy atom. The van der Waals surface area contributed by atoms with Crippen LogP contribution in [-0.4, -0.2) is 34.4 Å². The number of aromatic nitrogens is 1. The topological polar surface area (TPSA) is 121 Å². The number of benzene rings is 2. The number of nitrogens with one attached hydrogen (secondary N) is 4. The van der Waals surface area contributed by atoms with Crippen LogP contribution in [0.3, 0.4) is 0 Å². The number of imide groups is 1. The molecule has 4 rings (SSSR count). The highest BCUT2D eigenvalue weighted by molar-refractivity contribution is 6.08. The van der Waals surface area contributed by atoms with Gasteiger partial charge < -0.3 is 20.5 Å². The summed E-state index contributed by atoms with van der Waals surface area (Å²) in [5.41, 5.74) is 2.13. The second-order valence-corrected chi connectivity index (χ2v) is 6.91. The minimum absolute atomic E-state index is 0.149. The van der Waals surface area contributed by atoms with Gasteiger partial charge in [-0.25, -0.2) is 4.79 Å². The van der Waals surface area contributed by atoms with Gasteiger partial charge >= 0.3 is 6.03 Å². The van der Waals surface area contributed by atoms with Crippen molar-refractivity contribution in [3.05, 3.63) is 78.6 Å². The van der Waals surface area contributed by atoms with Gasteiger partial charge in [0.25, 0.3) is 5.91 Å². The zero-order chi connectivity index (χ0) is 21.8. The molecule has 9 nitrogen and oxygen atoms in total. The van der Waals surface area contributed by atoms with Crippen molar-refractivity contribution in [1.82, 2.24) is 15.2 Å². The van der Waals surface area contributed by atoms with Crippen LogP contribution in [0.1, 0.15) is 16.8 Å². The van der Waals surface area contributed by atoms with Crippen LogP contribution < -0.4 is 21.3 Å². The maximum Gasteiger partial charge on any atom is 0.322 e. The van der Waals surface area contributed by atoms with Crippen molar-refractivity contribution < 1.29 is 19.2 Å². The van der Waals surface area contributed by atoms with Crippen LogP contribution in [-0.2, 0) is 9.59 Å². The number of amides is 5. The van der Waals surface area contributed by atoms with E-state index in [9.17, 15) is 19.2 Å². The van der Waals surface area contributed by atoms with Crippen molar-refractivity contribution in [2.45, 2.75) is 12.5 Å². The first-order chi connectivity index (χ1) is 15.0. The summed E-state index contributed by atoms with van der Waals surface area (Å²) >= 11 is 0. The second kappa shape index (κ2) is 8.54. The molecule has 0 saturated carbocycles. The molecule has 9 heteroatoms. The average molecular weight is 417 g/mol. The fourth-order valence-corrected chi connectivity index (χ4v) is 3.26. The Kier molecular flexibility index (Phi) is 5.48. The molecule has 1 saturated heterocycles. The fourth-order valence-electron chi connectivity index (χ4n) is 3.26. The molecule has 0 bridgehead atoms. The first-order valence-electron chi connectivity index (χ1n) is 9.54. The van der Waals surface area contributed by atoms with Crippen LogP contribution in [0.2, 0.25) is 0 Å². The SMILES string of the molecule is O=C1C[C@@H](C(=O)Nc2cccc(NC(=O)c3ccccc3-n3cccc3)c2)NC(=O)N1. The number of carbonyl (C=O) groups excluding carboxylic acids is 4. The van der Waals surface area contributed by atoms with Gasteiger partial charge in [-0.15, -0.1) is 0 Å². The van der Waals surface area contributed by atoms with Gasteiger partial charge in [-0.05, 0) is 42.5 Å². The number of carbonyl (C=O) groups is 4. The van der Waals surface area contributed by atoms with E-state index in [1.54, 1.807) is 36.4 Å². The smallest absolute Gasteiger partial charge is 0.322 e. The first kappa shape index (κ1) is 19.9. The second-order valence-electron chi connectivity index (χ2n) is 6.91. The Morgan fingerprint density at radius 3 is 2.35 bits per heavy atom. The molecule has 5 amide bonds. The van der Waals surface area contributed by atoms with Gasteiger partial charge in [-0.2, -0.15) is 0 Å². The average Bonchev–Trinajstić information content (AvgIpc) is 3.28. The quantitative estimate of drug-likeness (QED) is 0.509. The summed E-state index contributed by atoms with van der Waals surface area (Å²) in [5.74, 6) is -1.35. The van der Waals surface area contributed by atoms with E-state index >= 15 is 0 Å². The summed E-state index contributed by atoms with van der Waals surface area (Å²) in [7, 11) is 0. The molecule has 31 heavy (non-hydrogen) atoms. The van der Waals surface area contributed by atoms with Crippen molar-refractivity contribution >= 4 is 35.1 Å². The highest BCUT2D eigenvalue weighted by Crippen LogP contribution is 2.20. The van der Waals surface area contributed by atoms with E-state index < -0.39 is 23.9 Å². The number of hydrogen-bond acceptors (Lipinski definition) is 4. The summed E-state index contributed by atoms with van der Waals surface area (Å²) in [6.07, 6.45) is 3.56. The lowest BCUT2D eigenvalue weighted by Gasteiger charge is -2.22. The molecule has 3 aromatic rings. The van der Waals surface area contributed by atoms with Crippen LogP contribution in [0, 0.1) is 0 Å². The summed E-state index contributed by atoms with van der Waals surface area (Å²) < 4.78 is 1.85. The zero-order valence-corrected chi connectivity index (χ0v) is 16.3. The fraction of sp³-hybridized carbons (Fsp3) is 0.0909. The van der Waals surface area contributed by atoms with Crippen molar-refractivity contribution in [2.24, 2.45) is 0 Å². The molecular weight excluding hydrogens is 398 g/mol. The summed E-state index contributed by atoms with van der Waals surface area (Å²) in [5, 5.41) is 9.95. The van der Waals surface area contributed by atoms with Crippen LogP contribution in [0.4, 0.5) is 16.2 Å². The van der Waals surface area contributed by atoms with Gasteiger partial charge in [-0.1, -0.05) is 18.2 Å². The van der Waals surface area contributed by atoms with E-state index in [2.05, 4.69) is 21.3 Å². The number of nitrogens with zero attached hydrogens (tertiary/aromatic N) is 1. The van der Waals surface area contributed by atoms with Crippen LogP contribution in [0.5, 0.6) is 0 Å². The van der Waals surface area contributed by atoms with Crippen molar-refractivity contribution in [3.63, 3.8) is 0 Å². The van der Waals surface area contributed by atoms with E-state index in [0.717, 1.165) is 5.69 Å². The van der Waals surface area contributed by atoms with Crippen molar-refractivity contribution in [3.8, 4) is 5.69 Å². The molecule has 156 valence electrons. The molecule has 1 aliphatic rings.